The quantitative estimate of drug-likeness (QED) is 0.609. The standard InChI is InChI=1S/C13H16N4O/c1-4-17-10(2)11(9-15-17)5-6-13(18)12-7-8-14-16(12)3/h5-9H,4H2,1-3H3/b6-5+. The zero-order valence-electron chi connectivity index (χ0n) is 10.8. The normalized spacial score (nSPS) is 11.3. The van der Waals surface area contributed by atoms with Gasteiger partial charge in [0.2, 0.25) is 5.78 Å². The molecule has 94 valence electrons. The number of hydrogen-bond acceptors (Lipinski definition) is 3. The van der Waals surface area contributed by atoms with Crippen molar-refractivity contribution in [2.24, 2.45) is 7.05 Å². The number of aromatic nitrogens is 4. The summed E-state index contributed by atoms with van der Waals surface area (Å²) in [5, 5.41) is 8.20. The van der Waals surface area contributed by atoms with Crippen molar-refractivity contribution in [2.45, 2.75) is 20.4 Å². The van der Waals surface area contributed by atoms with Crippen molar-refractivity contribution < 1.29 is 4.79 Å². The number of allylic oxidation sites excluding steroid dienone is 1. The molecule has 2 rings (SSSR count). The molecule has 0 bridgehead atoms. The third-order valence-electron chi connectivity index (χ3n) is 2.93. The summed E-state index contributed by atoms with van der Waals surface area (Å²) in [7, 11) is 1.75. The maximum absolute atomic E-state index is 11.9. The van der Waals surface area contributed by atoms with E-state index in [1.54, 1.807) is 42.3 Å². The zero-order chi connectivity index (χ0) is 13.1. The molecule has 2 aromatic heterocycles. The Labute approximate surface area is 106 Å². The Kier molecular flexibility index (Phi) is 3.41. The lowest BCUT2D eigenvalue weighted by Gasteiger charge is -1.98. The van der Waals surface area contributed by atoms with Gasteiger partial charge in [0.1, 0.15) is 5.69 Å². The fraction of sp³-hybridized carbons (Fsp3) is 0.308. The molecule has 0 saturated heterocycles. The predicted octanol–water partition coefficient (Wildman–Crippen LogP) is 1.84. The van der Waals surface area contributed by atoms with Crippen molar-refractivity contribution in [3.05, 3.63) is 41.5 Å². The number of hydrogen-bond donors (Lipinski definition) is 0. The van der Waals surface area contributed by atoms with Gasteiger partial charge in [-0.2, -0.15) is 10.2 Å². The van der Waals surface area contributed by atoms with E-state index in [4.69, 9.17) is 0 Å². The summed E-state index contributed by atoms with van der Waals surface area (Å²) in [4.78, 5) is 11.9. The number of rotatable bonds is 4. The van der Waals surface area contributed by atoms with Crippen molar-refractivity contribution in [3.63, 3.8) is 0 Å². The average Bonchev–Trinajstić information content (AvgIpc) is 2.93. The van der Waals surface area contributed by atoms with Gasteiger partial charge in [-0.1, -0.05) is 0 Å². The number of carbonyl (C=O) groups is 1. The number of carbonyl (C=O) groups excluding carboxylic acids is 1. The van der Waals surface area contributed by atoms with Gasteiger partial charge in [-0.3, -0.25) is 14.2 Å². The summed E-state index contributed by atoms with van der Waals surface area (Å²) in [6, 6.07) is 1.70. The van der Waals surface area contributed by atoms with Crippen LogP contribution in [0.4, 0.5) is 0 Å². The molecule has 5 heteroatoms. The Balaban J connectivity index is 2.18. The van der Waals surface area contributed by atoms with Crippen molar-refractivity contribution in [3.8, 4) is 0 Å². The molecule has 0 atom stereocenters. The highest BCUT2D eigenvalue weighted by Gasteiger charge is 2.07. The predicted molar refractivity (Wildman–Crippen MR) is 69.2 cm³/mol. The van der Waals surface area contributed by atoms with E-state index < -0.39 is 0 Å². The van der Waals surface area contributed by atoms with Crippen LogP contribution in [0.3, 0.4) is 0 Å². The van der Waals surface area contributed by atoms with E-state index >= 15 is 0 Å². The van der Waals surface area contributed by atoms with E-state index in [2.05, 4.69) is 10.2 Å². The maximum atomic E-state index is 11.9. The second-order valence-corrected chi connectivity index (χ2v) is 4.04. The van der Waals surface area contributed by atoms with Crippen LogP contribution >= 0.6 is 0 Å². The average molecular weight is 244 g/mol. The number of aryl methyl sites for hydroxylation is 2. The van der Waals surface area contributed by atoms with Gasteiger partial charge in [0.25, 0.3) is 0 Å². The fourth-order valence-corrected chi connectivity index (χ4v) is 1.81. The summed E-state index contributed by atoms with van der Waals surface area (Å²) < 4.78 is 3.46. The molecule has 0 N–H and O–H groups in total. The summed E-state index contributed by atoms with van der Waals surface area (Å²) in [6.07, 6.45) is 6.73. The molecular weight excluding hydrogens is 228 g/mol. The van der Waals surface area contributed by atoms with Crippen LogP contribution in [0.2, 0.25) is 0 Å². The molecule has 18 heavy (non-hydrogen) atoms. The Morgan fingerprint density at radius 1 is 1.44 bits per heavy atom. The second kappa shape index (κ2) is 5.00. The summed E-state index contributed by atoms with van der Waals surface area (Å²) in [5.41, 5.74) is 2.60. The van der Waals surface area contributed by atoms with Crippen molar-refractivity contribution in [2.75, 3.05) is 0 Å². The minimum atomic E-state index is -0.0568. The van der Waals surface area contributed by atoms with Gasteiger partial charge in [-0.25, -0.2) is 0 Å². The van der Waals surface area contributed by atoms with Crippen LogP contribution in [0.25, 0.3) is 6.08 Å². The van der Waals surface area contributed by atoms with Gasteiger partial charge in [-0.15, -0.1) is 0 Å². The van der Waals surface area contributed by atoms with Crippen LogP contribution in [-0.2, 0) is 13.6 Å². The highest BCUT2D eigenvalue weighted by Crippen LogP contribution is 2.10. The first kappa shape index (κ1) is 12.3. The highest BCUT2D eigenvalue weighted by molar-refractivity contribution is 6.05. The first-order valence-corrected chi connectivity index (χ1v) is 5.86. The monoisotopic (exact) mass is 244 g/mol. The van der Waals surface area contributed by atoms with Gasteiger partial charge in [0.15, 0.2) is 0 Å². The molecule has 0 amide bonds. The van der Waals surface area contributed by atoms with Gasteiger partial charge in [0, 0.05) is 31.0 Å². The molecular formula is C13H16N4O. The summed E-state index contributed by atoms with van der Waals surface area (Å²) in [6.45, 7) is 4.86. The van der Waals surface area contributed by atoms with E-state index in [9.17, 15) is 4.79 Å². The van der Waals surface area contributed by atoms with Crippen molar-refractivity contribution >= 4 is 11.9 Å². The largest absolute Gasteiger partial charge is 0.288 e. The smallest absolute Gasteiger partial charge is 0.203 e. The van der Waals surface area contributed by atoms with E-state index in [0.717, 1.165) is 17.8 Å². The van der Waals surface area contributed by atoms with Gasteiger partial charge < -0.3 is 0 Å². The SMILES string of the molecule is CCn1ncc(/C=C/C(=O)c2ccnn2C)c1C. The van der Waals surface area contributed by atoms with Gasteiger partial charge >= 0.3 is 0 Å². The van der Waals surface area contributed by atoms with E-state index in [1.165, 1.54) is 0 Å². The Morgan fingerprint density at radius 2 is 2.22 bits per heavy atom. The fourth-order valence-electron chi connectivity index (χ4n) is 1.81. The zero-order valence-corrected chi connectivity index (χ0v) is 10.8. The molecule has 5 nitrogen and oxygen atoms in total. The maximum Gasteiger partial charge on any atom is 0.203 e. The molecule has 0 fully saturated rings. The molecule has 0 aliphatic heterocycles. The topological polar surface area (TPSA) is 52.7 Å². The van der Waals surface area contributed by atoms with Gasteiger partial charge in [-0.05, 0) is 32.1 Å². The number of nitrogens with zero attached hydrogens (tertiary/aromatic N) is 4. The molecule has 0 spiro atoms. The molecule has 0 aromatic carbocycles. The Bertz CT molecular complexity index is 592. The van der Waals surface area contributed by atoms with Crippen LogP contribution in [0.15, 0.2) is 24.5 Å². The minimum Gasteiger partial charge on any atom is -0.288 e. The first-order chi connectivity index (χ1) is 8.63. The molecule has 0 saturated carbocycles. The van der Waals surface area contributed by atoms with Gasteiger partial charge in [0.05, 0.1) is 6.20 Å². The molecule has 2 heterocycles. The lowest BCUT2D eigenvalue weighted by atomic mass is 10.2. The Morgan fingerprint density at radius 3 is 2.78 bits per heavy atom. The molecule has 2 aromatic rings. The van der Waals surface area contributed by atoms with Crippen molar-refractivity contribution in [1.29, 1.82) is 0 Å². The van der Waals surface area contributed by atoms with Crippen LogP contribution in [-0.4, -0.2) is 25.3 Å². The molecule has 0 unspecified atom stereocenters. The Hall–Kier alpha value is -2.17. The summed E-state index contributed by atoms with van der Waals surface area (Å²) in [5.74, 6) is -0.0568. The van der Waals surface area contributed by atoms with Crippen LogP contribution < -0.4 is 0 Å². The number of ketones is 1. The third-order valence-corrected chi connectivity index (χ3v) is 2.93. The lowest BCUT2D eigenvalue weighted by molar-refractivity contribution is 0.103. The molecule has 0 radical (unpaired) electrons. The van der Waals surface area contributed by atoms with Crippen LogP contribution in [0.1, 0.15) is 28.7 Å². The van der Waals surface area contributed by atoms with E-state index in [1.807, 2.05) is 18.5 Å². The molecule has 0 aliphatic rings. The van der Waals surface area contributed by atoms with E-state index in [-0.39, 0.29) is 5.78 Å². The molecule has 0 aliphatic carbocycles. The third kappa shape index (κ3) is 2.25. The highest BCUT2D eigenvalue weighted by atomic mass is 16.1. The van der Waals surface area contributed by atoms with E-state index in [0.29, 0.717) is 5.69 Å². The lowest BCUT2D eigenvalue weighted by Crippen LogP contribution is -2.03. The van der Waals surface area contributed by atoms with Crippen molar-refractivity contribution in [1.82, 2.24) is 19.6 Å². The summed E-state index contributed by atoms with van der Waals surface area (Å²) >= 11 is 0. The minimum absolute atomic E-state index is 0.0568. The van der Waals surface area contributed by atoms with Crippen LogP contribution in [0.5, 0.6) is 0 Å². The second-order valence-electron chi connectivity index (χ2n) is 4.04. The first-order valence-electron chi connectivity index (χ1n) is 5.86. The van der Waals surface area contributed by atoms with Crippen LogP contribution in [0, 0.1) is 6.92 Å².